The van der Waals surface area contributed by atoms with Crippen LogP contribution in [0.25, 0.3) is 0 Å². The predicted octanol–water partition coefficient (Wildman–Crippen LogP) is 4.81. The number of hydrogen-bond donors (Lipinski definition) is 1. The lowest BCUT2D eigenvalue weighted by atomic mass is 9.81. The van der Waals surface area contributed by atoms with Crippen LogP contribution in [0, 0.1) is 5.92 Å². The third-order valence-electron chi connectivity index (χ3n) is 4.04. The maximum absolute atomic E-state index is 6.31. The highest BCUT2D eigenvalue weighted by atomic mass is 79.9. The zero-order valence-electron chi connectivity index (χ0n) is 10.9. The van der Waals surface area contributed by atoms with Crippen molar-refractivity contribution in [1.82, 2.24) is 5.32 Å². The number of rotatable bonds is 4. The molecule has 1 nitrogen and oxygen atoms in total. The standard InChI is InChI=1S/C15H21BrClN/c1-18-15(11-5-3-2-4-6-11)9-12-7-8-13(16)10-14(12)17/h7-8,10-11,15,18H,2-6,9H2,1H3. The molecule has 1 aliphatic carbocycles. The van der Waals surface area contributed by atoms with Crippen LogP contribution in [0.4, 0.5) is 0 Å². The van der Waals surface area contributed by atoms with Crippen molar-refractivity contribution in [2.24, 2.45) is 5.92 Å². The Labute approximate surface area is 123 Å². The van der Waals surface area contributed by atoms with Gasteiger partial charge in [-0.25, -0.2) is 0 Å². The van der Waals surface area contributed by atoms with E-state index >= 15 is 0 Å². The highest BCUT2D eigenvalue weighted by molar-refractivity contribution is 9.10. The van der Waals surface area contributed by atoms with E-state index in [1.165, 1.54) is 37.7 Å². The summed E-state index contributed by atoms with van der Waals surface area (Å²) in [5.74, 6) is 0.809. The second-order valence-corrected chi connectivity index (χ2v) is 6.56. The lowest BCUT2D eigenvalue weighted by Crippen LogP contribution is -2.36. The smallest absolute Gasteiger partial charge is 0.0449 e. The molecule has 1 fully saturated rings. The van der Waals surface area contributed by atoms with Crippen LogP contribution >= 0.6 is 27.5 Å². The Kier molecular flexibility index (Phi) is 5.53. The van der Waals surface area contributed by atoms with Crippen molar-refractivity contribution < 1.29 is 0 Å². The predicted molar refractivity (Wildman–Crippen MR) is 82.3 cm³/mol. The zero-order chi connectivity index (χ0) is 13.0. The first kappa shape index (κ1) is 14.4. The first-order valence-corrected chi connectivity index (χ1v) is 7.99. The van der Waals surface area contributed by atoms with Crippen LogP contribution in [-0.4, -0.2) is 13.1 Å². The van der Waals surface area contributed by atoms with Crippen molar-refractivity contribution in [2.75, 3.05) is 7.05 Å². The summed E-state index contributed by atoms with van der Waals surface area (Å²) in [4.78, 5) is 0. The molecular weight excluding hydrogens is 310 g/mol. The first-order chi connectivity index (χ1) is 8.70. The van der Waals surface area contributed by atoms with Crippen molar-refractivity contribution in [3.05, 3.63) is 33.3 Å². The molecule has 0 aliphatic heterocycles. The average molecular weight is 331 g/mol. The number of benzene rings is 1. The largest absolute Gasteiger partial charge is 0.316 e. The van der Waals surface area contributed by atoms with Gasteiger partial charge in [-0.05, 0) is 49.9 Å². The Hall–Kier alpha value is -0.0500. The minimum atomic E-state index is 0.559. The summed E-state index contributed by atoms with van der Waals surface area (Å²) in [6, 6.07) is 6.77. The van der Waals surface area contributed by atoms with Crippen molar-refractivity contribution >= 4 is 27.5 Å². The van der Waals surface area contributed by atoms with Gasteiger partial charge in [-0.3, -0.25) is 0 Å². The van der Waals surface area contributed by atoms with Crippen LogP contribution in [-0.2, 0) is 6.42 Å². The number of nitrogens with one attached hydrogen (secondary N) is 1. The monoisotopic (exact) mass is 329 g/mol. The molecule has 1 aromatic carbocycles. The van der Waals surface area contributed by atoms with E-state index in [9.17, 15) is 0 Å². The Balaban J connectivity index is 2.04. The normalized spacial score (nSPS) is 18.8. The second kappa shape index (κ2) is 6.93. The summed E-state index contributed by atoms with van der Waals surface area (Å²) in [7, 11) is 2.08. The minimum absolute atomic E-state index is 0.559. The molecule has 0 saturated heterocycles. The summed E-state index contributed by atoms with van der Waals surface area (Å²) in [6.07, 6.45) is 7.94. The van der Waals surface area contributed by atoms with Gasteiger partial charge in [0.15, 0.2) is 0 Å². The third-order valence-corrected chi connectivity index (χ3v) is 4.89. The molecule has 1 N–H and O–H groups in total. The molecular formula is C15H21BrClN. The lowest BCUT2D eigenvalue weighted by Gasteiger charge is -2.30. The average Bonchev–Trinajstić information content (AvgIpc) is 2.39. The fourth-order valence-electron chi connectivity index (χ4n) is 2.97. The van der Waals surface area contributed by atoms with Gasteiger partial charge in [0.2, 0.25) is 0 Å². The molecule has 0 bridgehead atoms. The lowest BCUT2D eigenvalue weighted by molar-refractivity contribution is 0.277. The molecule has 1 unspecified atom stereocenters. The Morgan fingerprint density at radius 3 is 2.67 bits per heavy atom. The summed E-state index contributed by atoms with van der Waals surface area (Å²) in [6.45, 7) is 0. The van der Waals surface area contributed by atoms with Crippen molar-refractivity contribution in [3.63, 3.8) is 0 Å². The van der Waals surface area contributed by atoms with Crippen LogP contribution in [0.3, 0.4) is 0 Å². The molecule has 0 amide bonds. The van der Waals surface area contributed by atoms with Gasteiger partial charge in [0.25, 0.3) is 0 Å². The molecule has 1 saturated carbocycles. The van der Waals surface area contributed by atoms with Crippen LogP contribution in [0.1, 0.15) is 37.7 Å². The fourth-order valence-corrected chi connectivity index (χ4v) is 3.72. The third kappa shape index (κ3) is 3.72. The summed E-state index contributed by atoms with van der Waals surface area (Å²) < 4.78 is 1.05. The van der Waals surface area contributed by atoms with Crippen molar-refractivity contribution in [2.45, 2.75) is 44.6 Å². The van der Waals surface area contributed by atoms with Crippen LogP contribution in [0.2, 0.25) is 5.02 Å². The number of halogens is 2. The molecule has 2 rings (SSSR count). The van der Waals surface area contributed by atoms with E-state index in [2.05, 4.69) is 40.4 Å². The molecule has 1 aliphatic rings. The minimum Gasteiger partial charge on any atom is -0.316 e. The van der Waals surface area contributed by atoms with Crippen molar-refractivity contribution in [3.8, 4) is 0 Å². The Morgan fingerprint density at radius 1 is 1.33 bits per heavy atom. The summed E-state index contributed by atoms with van der Waals surface area (Å²) in [5, 5.41) is 4.37. The van der Waals surface area contributed by atoms with Crippen LogP contribution < -0.4 is 5.32 Å². The summed E-state index contributed by atoms with van der Waals surface area (Å²) in [5.41, 5.74) is 1.25. The van der Waals surface area contributed by atoms with Gasteiger partial charge in [0.05, 0.1) is 0 Å². The van der Waals surface area contributed by atoms with E-state index in [1.807, 2.05) is 6.07 Å². The Bertz CT molecular complexity index is 388. The van der Waals surface area contributed by atoms with Gasteiger partial charge in [-0.1, -0.05) is 52.9 Å². The van der Waals surface area contributed by atoms with Gasteiger partial charge in [0, 0.05) is 15.5 Å². The van der Waals surface area contributed by atoms with Crippen LogP contribution in [0.5, 0.6) is 0 Å². The number of likely N-dealkylation sites (N-methyl/N-ethyl adjacent to an activating group) is 1. The van der Waals surface area contributed by atoms with E-state index in [0.717, 1.165) is 21.8 Å². The molecule has 1 atom stereocenters. The van der Waals surface area contributed by atoms with Crippen molar-refractivity contribution in [1.29, 1.82) is 0 Å². The Morgan fingerprint density at radius 2 is 2.06 bits per heavy atom. The molecule has 0 aromatic heterocycles. The molecule has 1 aromatic rings. The zero-order valence-corrected chi connectivity index (χ0v) is 13.2. The first-order valence-electron chi connectivity index (χ1n) is 6.82. The van der Waals surface area contributed by atoms with Crippen LogP contribution in [0.15, 0.2) is 22.7 Å². The van der Waals surface area contributed by atoms with Gasteiger partial charge in [-0.15, -0.1) is 0 Å². The van der Waals surface area contributed by atoms with E-state index in [1.54, 1.807) is 0 Å². The van der Waals surface area contributed by atoms with E-state index < -0.39 is 0 Å². The molecule has 0 radical (unpaired) electrons. The van der Waals surface area contributed by atoms with Gasteiger partial charge in [-0.2, -0.15) is 0 Å². The fraction of sp³-hybridized carbons (Fsp3) is 0.600. The highest BCUT2D eigenvalue weighted by Gasteiger charge is 2.23. The van der Waals surface area contributed by atoms with Gasteiger partial charge >= 0.3 is 0 Å². The molecule has 100 valence electrons. The molecule has 0 spiro atoms. The topological polar surface area (TPSA) is 12.0 Å². The molecule has 18 heavy (non-hydrogen) atoms. The van der Waals surface area contributed by atoms with Gasteiger partial charge < -0.3 is 5.32 Å². The second-order valence-electron chi connectivity index (χ2n) is 5.23. The van der Waals surface area contributed by atoms with E-state index in [-0.39, 0.29) is 0 Å². The summed E-state index contributed by atoms with van der Waals surface area (Å²) >= 11 is 9.77. The molecule has 0 heterocycles. The quantitative estimate of drug-likeness (QED) is 0.835. The maximum atomic E-state index is 6.31. The highest BCUT2D eigenvalue weighted by Crippen LogP contribution is 2.30. The number of hydrogen-bond acceptors (Lipinski definition) is 1. The van der Waals surface area contributed by atoms with E-state index in [4.69, 9.17) is 11.6 Å². The maximum Gasteiger partial charge on any atom is 0.0449 e. The van der Waals surface area contributed by atoms with Gasteiger partial charge in [0.1, 0.15) is 0 Å². The molecule has 3 heteroatoms. The van der Waals surface area contributed by atoms with E-state index in [0.29, 0.717) is 6.04 Å². The SMILES string of the molecule is CNC(Cc1ccc(Br)cc1Cl)C1CCCCC1.